The molecule has 2 aromatic rings. The van der Waals surface area contributed by atoms with Gasteiger partial charge in [-0.2, -0.15) is 0 Å². The van der Waals surface area contributed by atoms with E-state index in [2.05, 4.69) is 0 Å². The van der Waals surface area contributed by atoms with E-state index in [4.69, 9.17) is 17.0 Å². The normalized spacial score (nSPS) is 22.0. The Morgan fingerprint density at radius 2 is 1.82 bits per heavy atom. The van der Waals surface area contributed by atoms with Gasteiger partial charge in [0.1, 0.15) is 17.8 Å². The smallest absolute Gasteiger partial charge is 0.253 e. The van der Waals surface area contributed by atoms with E-state index in [-0.39, 0.29) is 28.9 Å². The molecule has 1 aromatic heterocycles. The number of rotatable bonds is 4. The Labute approximate surface area is 167 Å². The van der Waals surface area contributed by atoms with Crippen molar-refractivity contribution in [3.63, 3.8) is 0 Å². The fourth-order valence-electron chi connectivity index (χ4n) is 3.81. The number of nitrogens with one attached hydrogen (secondary N) is 1. The molecule has 4 rings (SSSR count). The molecule has 0 radical (unpaired) electrons. The van der Waals surface area contributed by atoms with Crippen LogP contribution in [0, 0.1) is 24.2 Å². The van der Waals surface area contributed by atoms with Crippen LogP contribution in [0.1, 0.15) is 30.0 Å². The number of aryl methyl sites for hydroxylation is 2. The average molecular weight is 398 g/mol. The summed E-state index contributed by atoms with van der Waals surface area (Å²) >= 11 is 5.99. The summed E-state index contributed by atoms with van der Waals surface area (Å²) in [7, 11) is 1.63. The van der Waals surface area contributed by atoms with Crippen LogP contribution >= 0.6 is 11.6 Å². The van der Waals surface area contributed by atoms with E-state index in [0.717, 1.165) is 12.8 Å². The first-order chi connectivity index (χ1) is 13.3. The number of carbonyl (C=O) groups excluding carboxylic acids is 2. The summed E-state index contributed by atoms with van der Waals surface area (Å²) in [5.74, 6) is -1.68. The van der Waals surface area contributed by atoms with E-state index >= 15 is 0 Å². The van der Waals surface area contributed by atoms with Gasteiger partial charge in [-0.25, -0.2) is 0 Å². The fraction of sp³-hybridized carbons (Fsp3) is 0.333. The molecule has 144 valence electrons. The van der Waals surface area contributed by atoms with Crippen molar-refractivity contribution < 1.29 is 9.59 Å². The summed E-state index contributed by atoms with van der Waals surface area (Å²) in [6, 6.07) is 7.72. The molecule has 0 bridgehead atoms. The molecule has 2 heterocycles. The zero-order valence-electron chi connectivity index (χ0n) is 15.6. The lowest BCUT2D eigenvalue weighted by molar-refractivity contribution is -0.130. The molecule has 7 heteroatoms. The van der Waals surface area contributed by atoms with Crippen molar-refractivity contribution in [3.05, 3.63) is 63.0 Å². The number of aromatic nitrogens is 1. The molecule has 1 aliphatic carbocycles. The first kappa shape index (κ1) is 18.6. The number of ketones is 2. The zero-order chi connectivity index (χ0) is 20.2. The maximum absolute atomic E-state index is 13.3. The lowest BCUT2D eigenvalue weighted by atomic mass is 9.92. The molecular weight excluding hydrogens is 378 g/mol. The van der Waals surface area contributed by atoms with Crippen molar-refractivity contribution >= 4 is 34.7 Å². The lowest BCUT2D eigenvalue weighted by Crippen LogP contribution is -2.33. The molecule has 1 N–H and O–H groups in total. The SMILES string of the molecule is Cc1cc(N2C(=N)C(C(=O)C3CC3)C(=O)C2c2ccc(Cl)cc2)cn(C)c1=O. The molecule has 28 heavy (non-hydrogen) atoms. The van der Waals surface area contributed by atoms with Gasteiger partial charge in [-0.1, -0.05) is 23.7 Å². The van der Waals surface area contributed by atoms with Crippen LogP contribution in [0.15, 0.2) is 41.3 Å². The van der Waals surface area contributed by atoms with Crippen molar-refractivity contribution in [1.82, 2.24) is 4.57 Å². The average Bonchev–Trinajstić information content (AvgIpc) is 3.46. The maximum atomic E-state index is 13.3. The highest BCUT2D eigenvalue weighted by molar-refractivity contribution is 6.32. The number of pyridine rings is 1. The Morgan fingerprint density at radius 1 is 1.18 bits per heavy atom. The number of nitrogens with zero attached hydrogens (tertiary/aromatic N) is 2. The van der Waals surface area contributed by atoms with Gasteiger partial charge in [0, 0.05) is 29.7 Å². The van der Waals surface area contributed by atoms with Crippen LogP contribution in [0.4, 0.5) is 5.69 Å². The first-order valence-electron chi connectivity index (χ1n) is 9.17. The number of carbonyl (C=O) groups is 2. The minimum absolute atomic E-state index is 0.0279. The zero-order valence-corrected chi connectivity index (χ0v) is 16.4. The topological polar surface area (TPSA) is 83.2 Å². The van der Waals surface area contributed by atoms with E-state index < -0.39 is 12.0 Å². The highest BCUT2D eigenvalue weighted by atomic mass is 35.5. The summed E-state index contributed by atoms with van der Waals surface area (Å²) < 4.78 is 1.43. The minimum Gasteiger partial charge on any atom is -0.316 e. The molecule has 0 spiro atoms. The summed E-state index contributed by atoms with van der Waals surface area (Å²) in [5.41, 5.74) is 1.57. The molecule has 0 amide bonds. The van der Waals surface area contributed by atoms with Gasteiger partial charge >= 0.3 is 0 Å². The number of anilines is 1. The van der Waals surface area contributed by atoms with Crippen LogP contribution in [0.3, 0.4) is 0 Å². The van der Waals surface area contributed by atoms with E-state index in [9.17, 15) is 14.4 Å². The Morgan fingerprint density at radius 3 is 2.39 bits per heavy atom. The first-order valence-corrected chi connectivity index (χ1v) is 9.55. The van der Waals surface area contributed by atoms with Gasteiger partial charge in [0.25, 0.3) is 5.56 Å². The Bertz CT molecular complexity index is 1030. The van der Waals surface area contributed by atoms with Gasteiger partial charge in [-0.05, 0) is 43.5 Å². The number of halogens is 1. The number of Topliss-reactive ketones (excluding diaryl/α,β-unsaturated/α-hetero) is 2. The van der Waals surface area contributed by atoms with Crippen molar-refractivity contribution in [1.29, 1.82) is 5.41 Å². The number of amidine groups is 1. The van der Waals surface area contributed by atoms with Crippen LogP contribution < -0.4 is 10.5 Å². The minimum atomic E-state index is -1.06. The fourth-order valence-corrected chi connectivity index (χ4v) is 3.94. The third kappa shape index (κ3) is 2.98. The number of hydrogen-bond donors (Lipinski definition) is 1. The van der Waals surface area contributed by atoms with E-state index in [1.165, 1.54) is 4.57 Å². The van der Waals surface area contributed by atoms with Crippen LogP contribution in [-0.2, 0) is 16.6 Å². The third-order valence-electron chi connectivity index (χ3n) is 5.42. The molecule has 2 aliphatic rings. The highest BCUT2D eigenvalue weighted by Crippen LogP contribution is 2.42. The van der Waals surface area contributed by atoms with E-state index in [1.54, 1.807) is 55.4 Å². The Hall–Kier alpha value is -2.73. The summed E-state index contributed by atoms with van der Waals surface area (Å²) in [6.07, 6.45) is 3.16. The number of hydrogen-bond acceptors (Lipinski definition) is 4. The van der Waals surface area contributed by atoms with Crippen molar-refractivity contribution in [2.45, 2.75) is 25.8 Å². The monoisotopic (exact) mass is 397 g/mol. The van der Waals surface area contributed by atoms with Gasteiger partial charge in [0.15, 0.2) is 11.6 Å². The maximum Gasteiger partial charge on any atom is 0.253 e. The van der Waals surface area contributed by atoms with Crippen LogP contribution in [-0.4, -0.2) is 22.0 Å². The molecule has 1 aromatic carbocycles. The predicted molar refractivity (Wildman–Crippen MR) is 107 cm³/mol. The molecule has 2 unspecified atom stereocenters. The third-order valence-corrected chi connectivity index (χ3v) is 5.67. The van der Waals surface area contributed by atoms with E-state index in [1.807, 2.05) is 0 Å². The Kier molecular flexibility index (Phi) is 4.46. The van der Waals surface area contributed by atoms with Crippen molar-refractivity contribution in [3.8, 4) is 0 Å². The standard InChI is InChI=1S/C21H20ClN3O3/c1-11-9-15(10-24(2)21(11)28)25-17(12-5-7-14(22)8-6-12)19(27)16(20(25)23)18(26)13-3-4-13/h5-10,13,16-17,23H,3-4H2,1-2H3. The largest absolute Gasteiger partial charge is 0.316 e. The van der Waals surface area contributed by atoms with Gasteiger partial charge in [-0.15, -0.1) is 0 Å². The lowest BCUT2D eigenvalue weighted by Gasteiger charge is -2.26. The van der Waals surface area contributed by atoms with Crippen LogP contribution in [0.5, 0.6) is 0 Å². The summed E-state index contributed by atoms with van der Waals surface area (Å²) in [5, 5.41) is 9.21. The number of benzene rings is 1. The molecule has 1 saturated heterocycles. The molecular formula is C21H20ClN3O3. The van der Waals surface area contributed by atoms with Crippen molar-refractivity contribution in [2.75, 3.05) is 4.90 Å². The molecule has 1 aliphatic heterocycles. The highest BCUT2D eigenvalue weighted by Gasteiger charge is 2.52. The summed E-state index contributed by atoms with van der Waals surface area (Å²) in [6.45, 7) is 1.69. The Balaban J connectivity index is 1.85. The van der Waals surface area contributed by atoms with Gasteiger partial charge in [0.2, 0.25) is 0 Å². The van der Waals surface area contributed by atoms with Crippen LogP contribution in [0.2, 0.25) is 5.02 Å². The van der Waals surface area contributed by atoms with Gasteiger partial charge in [-0.3, -0.25) is 19.8 Å². The van der Waals surface area contributed by atoms with Gasteiger partial charge in [0.05, 0.1) is 5.69 Å². The molecule has 2 fully saturated rings. The molecule has 1 saturated carbocycles. The second-order valence-electron chi connectivity index (χ2n) is 7.52. The van der Waals surface area contributed by atoms with E-state index in [0.29, 0.717) is 21.8 Å². The van der Waals surface area contributed by atoms with Crippen LogP contribution in [0.25, 0.3) is 0 Å². The quantitative estimate of drug-likeness (QED) is 0.804. The molecule has 6 nitrogen and oxygen atoms in total. The second kappa shape index (κ2) is 6.71. The summed E-state index contributed by atoms with van der Waals surface area (Å²) in [4.78, 5) is 39.7. The van der Waals surface area contributed by atoms with Gasteiger partial charge < -0.3 is 9.47 Å². The van der Waals surface area contributed by atoms with Crippen molar-refractivity contribution in [2.24, 2.45) is 18.9 Å². The predicted octanol–water partition coefficient (Wildman–Crippen LogP) is 3.05. The molecule has 2 atom stereocenters. The second-order valence-corrected chi connectivity index (χ2v) is 7.96.